The summed E-state index contributed by atoms with van der Waals surface area (Å²) in [5.41, 5.74) is 6.28. The molecule has 0 saturated carbocycles. The van der Waals surface area contributed by atoms with Crippen molar-refractivity contribution in [2.75, 3.05) is 44.7 Å². The standard InChI is InChI=1S/C21H27N5O2/c1-13(2)17-15-5-3-4-14(15)16-18-19(28-21(16)25-17)20(24-12-23-18)22-6-7-26-8-10-27-11-9-26/h12-13H,3-11H2,1-2H3,(H,22,23,24). The third-order valence-corrected chi connectivity index (χ3v) is 5.88. The van der Waals surface area contributed by atoms with Crippen molar-refractivity contribution >= 4 is 28.0 Å². The SMILES string of the molecule is CC(C)c1nc2oc3c(NCCN4CCOCC4)ncnc3c2c2c1CCC2. The Morgan fingerprint density at radius 1 is 1.14 bits per heavy atom. The zero-order valence-corrected chi connectivity index (χ0v) is 16.6. The number of morpholine rings is 1. The second-order valence-electron chi connectivity index (χ2n) is 8.03. The summed E-state index contributed by atoms with van der Waals surface area (Å²) in [6, 6.07) is 0. The molecule has 0 amide bonds. The van der Waals surface area contributed by atoms with Crippen LogP contribution >= 0.6 is 0 Å². The highest BCUT2D eigenvalue weighted by atomic mass is 16.5. The van der Waals surface area contributed by atoms with Crippen LogP contribution < -0.4 is 5.32 Å². The Labute approximate surface area is 164 Å². The first kappa shape index (κ1) is 17.8. The van der Waals surface area contributed by atoms with E-state index in [0.717, 1.165) is 74.5 Å². The van der Waals surface area contributed by atoms with Crippen molar-refractivity contribution in [3.05, 3.63) is 23.1 Å². The molecule has 1 aliphatic heterocycles. The summed E-state index contributed by atoms with van der Waals surface area (Å²) < 4.78 is 11.6. The molecule has 0 unspecified atom stereocenters. The minimum Gasteiger partial charge on any atom is -0.432 e. The predicted molar refractivity (Wildman–Crippen MR) is 109 cm³/mol. The number of rotatable bonds is 5. The summed E-state index contributed by atoms with van der Waals surface area (Å²) in [6.07, 6.45) is 4.99. The summed E-state index contributed by atoms with van der Waals surface area (Å²) in [6.45, 7) is 9.78. The highest BCUT2D eigenvalue weighted by Crippen LogP contribution is 2.39. The average Bonchev–Trinajstić information content (AvgIpc) is 3.32. The number of nitrogens with zero attached hydrogens (tertiary/aromatic N) is 4. The summed E-state index contributed by atoms with van der Waals surface area (Å²) in [5, 5.41) is 4.53. The Morgan fingerprint density at radius 3 is 2.79 bits per heavy atom. The molecule has 0 aromatic carbocycles. The summed E-state index contributed by atoms with van der Waals surface area (Å²) in [4.78, 5) is 16.3. The first-order chi connectivity index (χ1) is 13.7. The molecule has 3 aromatic heterocycles. The summed E-state index contributed by atoms with van der Waals surface area (Å²) in [5.74, 6) is 1.15. The minimum absolute atomic E-state index is 0.390. The number of aryl methyl sites for hydroxylation is 1. The quantitative estimate of drug-likeness (QED) is 0.727. The maximum atomic E-state index is 6.21. The van der Waals surface area contributed by atoms with E-state index < -0.39 is 0 Å². The minimum atomic E-state index is 0.390. The van der Waals surface area contributed by atoms with Gasteiger partial charge in [-0.25, -0.2) is 15.0 Å². The molecular weight excluding hydrogens is 354 g/mol. The van der Waals surface area contributed by atoms with E-state index >= 15 is 0 Å². The van der Waals surface area contributed by atoms with Crippen LogP contribution in [0.5, 0.6) is 0 Å². The Kier molecular flexibility index (Phi) is 4.64. The van der Waals surface area contributed by atoms with E-state index in [4.69, 9.17) is 14.1 Å². The van der Waals surface area contributed by atoms with E-state index in [9.17, 15) is 0 Å². The third kappa shape index (κ3) is 3.02. The van der Waals surface area contributed by atoms with Gasteiger partial charge in [0.25, 0.3) is 0 Å². The molecule has 0 radical (unpaired) electrons. The smallest absolute Gasteiger partial charge is 0.229 e. The lowest BCUT2D eigenvalue weighted by molar-refractivity contribution is 0.0398. The molecular formula is C21H27N5O2. The van der Waals surface area contributed by atoms with Gasteiger partial charge in [0.15, 0.2) is 11.4 Å². The van der Waals surface area contributed by atoms with Gasteiger partial charge in [0.05, 0.1) is 24.3 Å². The largest absolute Gasteiger partial charge is 0.432 e. The van der Waals surface area contributed by atoms with Crippen LogP contribution in [-0.4, -0.2) is 59.2 Å². The van der Waals surface area contributed by atoms with Gasteiger partial charge in [0, 0.05) is 26.2 Å². The lowest BCUT2D eigenvalue weighted by Crippen LogP contribution is -2.39. The third-order valence-electron chi connectivity index (χ3n) is 5.88. The molecule has 7 nitrogen and oxygen atoms in total. The van der Waals surface area contributed by atoms with E-state index in [2.05, 4.69) is 34.0 Å². The van der Waals surface area contributed by atoms with Gasteiger partial charge in [-0.05, 0) is 36.3 Å². The van der Waals surface area contributed by atoms with Gasteiger partial charge in [0.1, 0.15) is 11.8 Å². The number of ether oxygens (including phenoxy) is 1. The Balaban J connectivity index is 1.50. The lowest BCUT2D eigenvalue weighted by atomic mass is 9.99. The average molecular weight is 381 g/mol. The zero-order valence-electron chi connectivity index (χ0n) is 16.6. The number of furan rings is 1. The van der Waals surface area contributed by atoms with Crippen LogP contribution in [0.2, 0.25) is 0 Å². The number of hydrogen-bond acceptors (Lipinski definition) is 7. The van der Waals surface area contributed by atoms with Crippen LogP contribution in [0.15, 0.2) is 10.7 Å². The van der Waals surface area contributed by atoms with Crippen LogP contribution in [0.4, 0.5) is 5.82 Å². The molecule has 1 fully saturated rings. The lowest BCUT2D eigenvalue weighted by Gasteiger charge is -2.26. The maximum Gasteiger partial charge on any atom is 0.229 e. The molecule has 0 spiro atoms. The number of hydrogen-bond donors (Lipinski definition) is 1. The fourth-order valence-electron chi connectivity index (χ4n) is 4.49. The van der Waals surface area contributed by atoms with Gasteiger partial charge >= 0.3 is 0 Å². The molecule has 2 aliphatic rings. The van der Waals surface area contributed by atoms with Crippen LogP contribution in [-0.2, 0) is 17.6 Å². The first-order valence-corrected chi connectivity index (χ1v) is 10.3. The van der Waals surface area contributed by atoms with Crippen molar-refractivity contribution in [1.82, 2.24) is 19.9 Å². The van der Waals surface area contributed by atoms with Crippen molar-refractivity contribution in [2.24, 2.45) is 0 Å². The Bertz CT molecular complexity index is 1010. The van der Waals surface area contributed by atoms with E-state index in [-0.39, 0.29) is 0 Å². The normalized spacial score (nSPS) is 17.7. The fraction of sp³-hybridized carbons (Fsp3) is 0.571. The molecule has 0 atom stereocenters. The molecule has 1 aliphatic carbocycles. The van der Waals surface area contributed by atoms with Crippen LogP contribution in [0.1, 0.15) is 43.0 Å². The Morgan fingerprint density at radius 2 is 1.96 bits per heavy atom. The molecule has 0 bridgehead atoms. The molecule has 4 heterocycles. The van der Waals surface area contributed by atoms with Gasteiger partial charge < -0.3 is 14.5 Å². The van der Waals surface area contributed by atoms with Gasteiger partial charge in [-0.3, -0.25) is 4.90 Å². The topological polar surface area (TPSA) is 76.3 Å². The highest BCUT2D eigenvalue weighted by molar-refractivity contribution is 6.06. The zero-order chi connectivity index (χ0) is 19.1. The molecule has 1 N–H and O–H groups in total. The van der Waals surface area contributed by atoms with Crippen LogP contribution in [0.25, 0.3) is 22.2 Å². The molecule has 1 saturated heterocycles. The van der Waals surface area contributed by atoms with Gasteiger partial charge in [-0.15, -0.1) is 0 Å². The van der Waals surface area contributed by atoms with E-state index in [0.29, 0.717) is 11.6 Å². The summed E-state index contributed by atoms with van der Waals surface area (Å²) in [7, 11) is 0. The molecule has 7 heteroatoms. The van der Waals surface area contributed by atoms with Crippen LogP contribution in [0, 0.1) is 0 Å². The summed E-state index contributed by atoms with van der Waals surface area (Å²) >= 11 is 0. The second kappa shape index (κ2) is 7.29. The number of aromatic nitrogens is 3. The van der Waals surface area contributed by atoms with E-state index in [1.54, 1.807) is 6.33 Å². The number of nitrogens with one attached hydrogen (secondary N) is 1. The number of fused-ring (bicyclic) bond motifs is 5. The predicted octanol–water partition coefficient (Wildman–Crippen LogP) is 3.13. The molecule has 148 valence electrons. The second-order valence-corrected chi connectivity index (χ2v) is 8.03. The molecule has 28 heavy (non-hydrogen) atoms. The van der Waals surface area contributed by atoms with Crippen molar-refractivity contribution in [3.8, 4) is 0 Å². The van der Waals surface area contributed by atoms with Gasteiger partial charge in [-0.1, -0.05) is 13.8 Å². The van der Waals surface area contributed by atoms with E-state index in [1.165, 1.54) is 23.2 Å². The fourth-order valence-corrected chi connectivity index (χ4v) is 4.49. The first-order valence-electron chi connectivity index (χ1n) is 10.3. The number of anilines is 1. The maximum absolute atomic E-state index is 6.21. The van der Waals surface area contributed by atoms with Gasteiger partial charge in [-0.2, -0.15) is 0 Å². The van der Waals surface area contributed by atoms with Gasteiger partial charge in [0.2, 0.25) is 5.71 Å². The van der Waals surface area contributed by atoms with Crippen molar-refractivity contribution in [1.29, 1.82) is 0 Å². The van der Waals surface area contributed by atoms with Crippen LogP contribution in [0.3, 0.4) is 0 Å². The van der Waals surface area contributed by atoms with E-state index in [1.807, 2.05) is 0 Å². The van der Waals surface area contributed by atoms with Crippen molar-refractivity contribution < 1.29 is 9.15 Å². The highest BCUT2D eigenvalue weighted by Gasteiger charge is 2.26. The molecule has 5 rings (SSSR count). The monoisotopic (exact) mass is 381 g/mol. The van der Waals surface area contributed by atoms with Crippen molar-refractivity contribution in [2.45, 2.75) is 39.0 Å². The Hall–Kier alpha value is -2.25. The number of pyridine rings is 1. The molecule has 3 aromatic rings. The van der Waals surface area contributed by atoms with Crippen molar-refractivity contribution in [3.63, 3.8) is 0 Å².